The highest BCUT2D eigenvalue weighted by molar-refractivity contribution is 7.10. The summed E-state index contributed by atoms with van der Waals surface area (Å²) in [5.41, 5.74) is 1.42. The molecule has 1 aliphatic rings. The van der Waals surface area contributed by atoms with Crippen LogP contribution in [0.15, 0.2) is 41.3 Å². The normalized spacial score (nSPS) is 18.2. The molecule has 0 saturated carbocycles. The zero-order valence-corrected chi connectivity index (χ0v) is 19.2. The highest BCUT2D eigenvalue weighted by Crippen LogP contribution is 2.41. The van der Waals surface area contributed by atoms with Gasteiger partial charge in [-0.2, -0.15) is 0 Å². The van der Waals surface area contributed by atoms with E-state index in [0.717, 1.165) is 10.4 Å². The van der Waals surface area contributed by atoms with E-state index in [1.807, 2.05) is 30.5 Å². The topological polar surface area (TPSA) is 76.1 Å². The average Bonchev–Trinajstić information content (AvgIpc) is 3.34. The summed E-state index contributed by atoms with van der Waals surface area (Å²) < 4.78 is 10.9. The number of aliphatic hydroxyl groups excluding tert-OH is 1. The molecule has 6 nitrogen and oxygen atoms in total. The van der Waals surface area contributed by atoms with Crippen molar-refractivity contribution in [2.75, 3.05) is 26.9 Å². The van der Waals surface area contributed by atoms with Gasteiger partial charge in [0, 0.05) is 30.7 Å². The number of ketones is 1. The first-order valence-electron chi connectivity index (χ1n) is 10.4. The van der Waals surface area contributed by atoms with Crippen LogP contribution in [0.3, 0.4) is 0 Å². The van der Waals surface area contributed by atoms with Gasteiger partial charge in [-0.05, 0) is 54.5 Å². The third-order valence-corrected chi connectivity index (χ3v) is 6.06. The summed E-state index contributed by atoms with van der Waals surface area (Å²) in [5.74, 6) is -0.303. The number of benzene rings is 1. The van der Waals surface area contributed by atoms with Gasteiger partial charge in [-0.3, -0.25) is 9.59 Å². The van der Waals surface area contributed by atoms with Crippen molar-refractivity contribution in [2.24, 2.45) is 5.92 Å². The Morgan fingerprint density at radius 1 is 1.26 bits per heavy atom. The van der Waals surface area contributed by atoms with Crippen molar-refractivity contribution in [3.63, 3.8) is 0 Å². The minimum absolute atomic E-state index is 0.129. The van der Waals surface area contributed by atoms with Crippen LogP contribution in [0.2, 0.25) is 0 Å². The Morgan fingerprint density at radius 2 is 2.03 bits per heavy atom. The number of Topliss-reactive ketones (excluding diaryl/α,β-unsaturated/α-hetero) is 1. The predicted molar refractivity (Wildman–Crippen MR) is 121 cm³/mol. The van der Waals surface area contributed by atoms with Gasteiger partial charge in [0.15, 0.2) is 0 Å². The lowest BCUT2D eigenvalue weighted by Crippen LogP contribution is -2.31. The number of rotatable bonds is 9. The molecule has 7 heteroatoms. The van der Waals surface area contributed by atoms with Crippen molar-refractivity contribution in [3.8, 4) is 5.75 Å². The lowest BCUT2D eigenvalue weighted by molar-refractivity contribution is -0.140. The fourth-order valence-corrected chi connectivity index (χ4v) is 4.48. The highest BCUT2D eigenvalue weighted by atomic mass is 32.1. The second-order valence-corrected chi connectivity index (χ2v) is 9.02. The molecule has 2 aromatic rings. The Hall–Kier alpha value is -2.64. The van der Waals surface area contributed by atoms with Crippen LogP contribution < -0.4 is 4.74 Å². The minimum Gasteiger partial charge on any atom is -0.507 e. The van der Waals surface area contributed by atoms with Gasteiger partial charge in [0.1, 0.15) is 11.5 Å². The molecule has 0 radical (unpaired) electrons. The molecule has 1 N–H and O–H groups in total. The van der Waals surface area contributed by atoms with Crippen molar-refractivity contribution >= 4 is 28.8 Å². The molecule has 0 aliphatic carbocycles. The standard InChI is InChI=1S/C24H29NO5S/c1-15(2)14-30-17-8-9-18(16(3)13-17)22(26)20-21(19-7-5-12-31-19)25(10-6-11-29-4)24(28)23(20)27/h5,7-9,12-13,15,21,26H,6,10-11,14H2,1-4H3/b22-20+/t21-/m0/s1. The number of ether oxygens (including phenoxy) is 2. The highest BCUT2D eigenvalue weighted by Gasteiger charge is 2.46. The maximum absolute atomic E-state index is 13.0. The molecule has 0 spiro atoms. The summed E-state index contributed by atoms with van der Waals surface area (Å²) in [7, 11) is 1.60. The smallest absolute Gasteiger partial charge is 0.295 e. The molecular formula is C24H29NO5S. The number of aryl methyl sites for hydroxylation is 1. The molecule has 166 valence electrons. The van der Waals surface area contributed by atoms with E-state index in [4.69, 9.17) is 9.47 Å². The van der Waals surface area contributed by atoms with E-state index in [2.05, 4.69) is 13.8 Å². The zero-order valence-electron chi connectivity index (χ0n) is 18.4. The van der Waals surface area contributed by atoms with Crippen LogP contribution in [0.5, 0.6) is 5.75 Å². The summed E-state index contributed by atoms with van der Waals surface area (Å²) in [6, 6.07) is 8.51. The van der Waals surface area contributed by atoms with Crippen LogP contribution in [-0.4, -0.2) is 48.6 Å². The van der Waals surface area contributed by atoms with Crippen LogP contribution in [0.1, 0.15) is 42.3 Å². The maximum atomic E-state index is 13.0. The van der Waals surface area contributed by atoms with Gasteiger partial charge in [-0.1, -0.05) is 19.9 Å². The largest absolute Gasteiger partial charge is 0.507 e. The molecule has 1 aromatic heterocycles. The minimum atomic E-state index is -0.659. The average molecular weight is 444 g/mol. The Morgan fingerprint density at radius 3 is 2.65 bits per heavy atom. The van der Waals surface area contributed by atoms with Crippen LogP contribution in [0, 0.1) is 12.8 Å². The van der Waals surface area contributed by atoms with Crippen LogP contribution in [-0.2, 0) is 14.3 Å². The van der Waals surface area contributed by atoms with Gasteiger partial charge in [0.05, 0.1) is 18.2 Å². The molecule has 31 heavy (non-hydrogen) atoms. The Balaban J connectivity index is 2.01. The first kappa shape index (κ1) is 23.0. The Bertz CT molecular complexity index is 964. The number of carbonyl (C=O) groups excluding carboxylic acids is 2. The van der Waals surface area contributed by atoms with Crippen LogP contribution >= 0.6 is 11.3 Å². The number of likely N-dealkylation sites (tertiary alicyclic amines) is 1. The number of hydrogen-bond acceptors (Lipinski definition) is 6. The molecule has 1 atom stereocenters. The Kier molecular flexibility index (Phi) is 7.51. The predicted octanol–water partition coefficient (Wildman–Crippen LogP) is 4.55. The van der Waals surface area contributed by atoms with Gasteiger partial charge in [0.25, 0.3) is 11.7 Å². The monoisotopic (exact) mass is 443 g/mol. The summed E-state index contributed by atoms with van der Waals surface area (Å²) >= 11 is 1.46. The van der Waals surface area contributed by atoms with E-state index >= 15 is 0 Å². The molecule has 1 fully saturated rings. The molecule has 1 aromatic carbocycles. The second kappa shape index (κ2) is 10.1. The van der Waals surface area contributed by atoms with Crippen molar-refractivity contribution in [3.05, 3.63) is 57.3 Å². The van der Waals surface area contributed by atoms with E-state index in [9.17, 15) is 14.7 Å². The molecule has 1 aliphatic heterocycles. The Labute approximate surface area is 187 Å². The number of amides is 1. The first-order valence-corrected chi connectivity index (χ1v) is 11.3. The number of nitrogens with zero attached hydrogens (tertiary/aromatic N) is 1. The third kappa shape index (κ3) is 4.99. The van der Waals surface area contributed by atoms with Crippen LogP contribution in [0.25, 0.3) is 5.76 Å². The van der Waals surface area contributed by atoms with Crippen LogP contribution in [0.4, 0.5) is 0 Å². The van der Waals surface area contributed by atoms with Crippen molar-refractivity contribution in [1.82, 2.24) is 4.90 Å². The molecule has 1 saturated heterocycles. The molecule has 1 amide bonds. The lowest BCUT2D eigenvalue weighted by Gasteiger charge is -2.24. The SMILES string of the molecule is COCCCN1C(=O)C(=O)/C(=C(/O)c2ccc(OCC(C)C)cc2C)[C@@H]1c1cccs1. The maximum Gasteiger partial charge on any atom is 0.295 e. The first-order chi connectivity index (χ1) is 14.8. The van der Waals surface area contributed by atoms with Crippen molar-refractivity contribution in [2.45, 2.75) is 33.2 Å². The summed E-state index contributed by atoms with van der Waals surface area (Å²) in [6.45, 7) is 7.45. The molecule has 3 rings (SSSR count). The summed E-state index contributed by atoms with van der Waals surface area (Å²) in [6.07, 6.45) is 0.604. The molecule has 2 heterocycles. The third-order valence-electron chi connectivity index (χ3n) is 5.14. The zero-order chi connectivity index (χ0) is 22.5. The summed E-state index contributed by atoms with van der Waals surface area (Å²) in [5, 5.41) is 13.1. The van der Waals surface area contributed by atoms with E-state index in [1.165, 1.54) is 16.2 Å². The van der Waals surface area contributed by atoms with Gasteiger partial charge in [-0.25, -0.2) is 0 Å². The summed E-state index contributed by atoms with van der Waals surface area (Å²) in [4.78, 5) is 28.2. The number of thiophene rings is 1. The number of aliphatic hydroxyl groups is 1. The van der Waals surface area contributed by atoms with E-state index in [-0.39, 0.29) is 11.3 Å². The van der Waals surface area contributed by atoms with Gasteiger partial charge < -0.3 is 19.5 Å². The quantitative estimate of drug-likeness (QED) is 0.266. The van der Waals surface area contributed by atoms with E-state index in [1.54, 1.807) is 19.2 Å². The molecular weight excluding hydrogens is 414 g/mol. The van der Waals surface area contributed by atoms with Gasteiger partial charge in [-0.15, -0.1) is 11.3 Å². The van der Waals surface area contributed by atoms with E-state index in [0.29, 0.717) is 43.4 Å². The van der Waals surface area contributed by atoms with E-state index < -0.39 is 17.7 Å². The lowest BCUT2D eigenvalue weighted by atomic mass is 9.97. The van der Waals surface area contributed by atoms with Gasteiger partial charge >= 0.3 is 0 Å². The van der Waals surface area contributed by atoms with Crippen molar-refractivity contribution < 1.29 is 24.2 Å². The second-order valence-electron chi connectivity index (χ2n) is 8.04. The van der Waals surface area contributed by atoms with Crippen molar-refractivity contribution in [1.29, 1.82) is 0 Å². The number of methoxy groups -OCH3 is 1. The molecule has 0 bridgehead atoms. The fourth-order valence-electron chi connectivity index (χ4n) is 3.63. The molecule has 0 unspecified atom stereocenters. The fraction of sp³-hybridized carbons (Fsp3) is 0.417. The van der Waals surface area contributed by atoms with Gasteiger partial charge in [0.2, 0.25) is 0 Å². The number of hydrogen-bond donors (Lipinski definition) is 1. The number of carbonyl (C=O) groups is 2.